The molecule has 0 spiro atoms. The monoisotopic (exact) mass is 373 g/mol. The summed E-state index contributed by atoms with van der Waals surface area (Å²) in [7, 11) is 1.54. The minimum Gasteiger partial charge on any atom is -0.495 e. The number of nitrogens with two attached hydrogens (primary N) is 1. The van der Waals surface area contributed by atoms with E-state index >= 15 is 0 Å². The van der Waals surface area contributed by atoms with E-state index in [-0.39, 0.29) is 30.9 Å². The third kappa shape index (κ3) is 6.27. The number of benzene rings is 1. The fraction of sp³-hybridized carbons (Fsp3) is 0.235. The van der Waals surface area contributed by atoms with Gasteiger partial charge in [0.1, 0.15) is 5.75 Å². The number of rotatable bonds is 8. The second-order valence-electron chi connectivity index (χ2n) is 4.95. The highest BCUT2D eigenvalue weighted by molar-refractivity contribution is 5.91. The molecule has 1 aromatic carbocycles. The zero-order valence-corrected chi connectivity index (χ0v) is 14.8. The summed E-state index contributed by atoms with van der Waals surface area (Å²) in [6, 6.07) is 7.18. The molecule has 3 N–H and O–H groups in total. The summed E-state index contributed by atoms with van der Waals surface area (Å²) in [5.41, 5.74) is 6.30. The average molecular weight is 373 g/mol. The van der Waals surface area contributed by atoms with Gasteiger partial charge in [0.25, 0.3) is 0 Å². The number of nitrogens with zero attached hydrogens (tertiary/aromatic N) is 3. The molecular formula is C17H19N5O5. The van der Waals surface area contributed by atoms with Crippen molar-refractivity contribution >= 4 is 29.5 Å². The number of carbonyl (C=O) groups excluding carboxylic acids is 2. The molecule has 0 amide bonds. The maximum Gasteiger partial charge on any atom is 0.331 e. The van der Waals surface area contributed by atoms with E-state index in [4.69, 9.17) is 15.2 Å². The molecule has 0 aliphatic heterocycles. The van der Waals surface area contributed by atoms with Gasteiger partial charge >= 0.3 is 11.9 Å². The van der Waals surface area contributed by atoms with E-state index in [0.717, 1.165) is 12.2 Å². The van der Waals surface area contributed by atoms with Crippen LogP contribution < -0.4 is 15.8 Å². The summed E-state index contributed by atoms with van der Waals surface area (Å²) in [4.78, 5) is 34.8. The SMILES string of the molecule is CCOC(=O)C=CC(=O)OCc1nc(N)nc(Nc2ccccc2OC)n1. The maximum atomic E-state index is 11.6. The molecule has 1 heterocycles. The van der Waals surface area contributed by atoms with Gasteiger partial charge in [0.2, 0.25) is 11.9 Å². The van der Waals surface area contributed by atoms with Crippen LogP contribution >= 0.6 is 0 Å². The highest BCUT2D eigenvalue weighted by Gasteiger charge is 2.09. The molecule has 0 aliphatic rings. The number of esters is 2. The molecular weight excluding hydrogens is 354 g/mol. The van der Waals surface area contributed by atoms with Crippen LogP contribution in [0.1, 0.15) is 12.7 Å². The van der Waals surface area contributed by atoms with Crippen molar-refractivity contribution in [1.29, 1.82) is 0 Å². The molecule has 142 valence electrons. The predicted octanol–water partition coefficient (Wildman–Crippen LogP) is 1.37. The van der Waals surface area contributed by atoms with Crippen LogP contribution in [0.4, 0.5) is 17.6 Å². The summed E-state index contributed by atoms with van der Waals surface area (Å²) in [5, 5.41) is 2.96. The van der Waals surface area contributed by atoms with Crippen molar-refractivity contribution in [3.8, 4) is 5.75 Å². The van der Waals surface area contributed by atoms with Crippen molar-refractivity contribution in [2.45, 2.75) is 13.5 Å². The second-order valence-corrected chi connectivity index (χ2v) is 4.95. The number of hydrogen-bond acceptors (Lipinski definition) is 10. The third-order valence-corrected chi connectivity index (χ3v) is 3.04. The van der Waals surface area contributed by atoms with Crippen molar-refractivity contribution in [2.75, 3.05) is 24.8 Å². The fourth-order valence-corrected chi connectivity index (χ4v) is 1.94. The Morgan fingerprint density at radius 3 is 2.52 bits per heavy atom. The van der Waals surface area contributed by atoms with Gasteiger partial charge in [0.15, 0.2) is 12.4 Å². The third-order valence-electron chi connectivity index (χ3n) is 3.04. The van der Waals surface area contributed by atoms with E-state index < -0.39 is 11.9 Å². The van der Waals surface area contributed by atoms with Crippen LogP contribution in [-0.2, 0) is 25.7 Å². The zero-order valence-electron chi connectivity index (χ0n) is 14.8. The summed E-state index contributed by atoms with van der Waals surface area (Å²) in [6.07, 6.45) is 1.93. The van der Waals surface area contributed by atoms with E-state index in [2.05, 4.69) is 25.0 Å². The number of nitrogens with one attached hydrogen (secondary N) is 1. The van der Waals surface area contributed by atoms with Gasteiger partial charge in [-0.1, -0.05) is 12.1 Å². The smallest absolute Gasteiger partial charge is 0.331 e. The lowest BCUT2D eigenvalue weighted by Crippen LogP contribution is -2.10. The lowest BCUT2D eigenvalue weighted by molar-refractivity contribution is -0.141. The molecule has 2 rings (SSSR count). The largest absolute Gasteiger partial charge is 0.495 e. The van der Waals surface area contributed by atoms with Gasteiger partial charge in [-0.3, -0.25) is 0 Å². The summed E-state index contributed by atoms with van der Waals surface area (Å²) in [5.74, 6) is -0.537. The lowest BCUT2D eigenvalue weighted by atomic mass is 10.3. The van der Waals surface area contributed by atoms with Crippen LogP contribution in [0.3, 0.4) is 0 Å². The number of ether oxygens (including phenoxy) is 3. The number of aromatic nitrogens is 3. The molecule has 0 bridgehead atoms. The Morgan fingerprint density at radius 1 is 1.11 bits per heavy atom. The Kier molecular flexibility index (Phi) is 7.06. The number of hydrogen-bond donors (Lipinski definition) is 2. The number of anilines is 3. The molecule has 0 atom stereocenters. The van der Waals surface area contributed by atoms with Gasteiger partial charge in [-0.15, -0.1) is 0 Å². The first-order chi connectivity index (χ1) is 13.0. The molecule has 2 aromatic rings. The van der Waals surface area contributed by atoms with Crippen molar-refractivity contribution in [3.63, 3.8) is 0 Å². The molecule has 1 aromatic heterocycles. The number of nitrogen functional groups attached to an aromatic ring is 1. The Labute approximate surface area is 155 Å². The van der Waals surface area contributed by atoms with Crippen LogP contribution in [0, 0.1) is 0 Å². The van der Waals surface area contributed by atoms with E-state index in [0.29, 0.717) is 11.4 Å². The minimum absolute atomic E-state index is 0.0458. The maximum absolute atomic E-state index is 11.6. The van der Waals surface area contributed by atoms with Crippen LogP contribution in [0.25, 0.3) is 0 Å². The van der Waals surface area contributed by atoms with Crippen LogP contribution in [0.15, 0.2) is 36.4 Å². The number of carbonyl (C=O) groups is 2. The first kappa shape index (κ1) is 19.6. The molecule has 10 heteroatoms. The molecule has 0 radical (unpaired) electrons. The van der Waals surface area contributed by atoms with Gasteiger partial charge in [0.05, 0.1) is 19.4 Å². The fourth-order valence-electron chi connectivity index (χ4n) is 1.94. The van der Waals surface area contributed by atoms with Crippen molar-refractivity contribution in [3.05, 3.63) is 42.2 Å². The Balaban J connectivity index is 2.02. The zero-order chi connectivity index (χ0) is 19.6. The van der Waals surface area contributed by atoms with Gasteiger partial charge in [-0.25, -0.2) is 9.59 Å². The summed E-state index contributed by atoms with van der Waals surface area (Å²) >= 11 is 0. The van der Waals surface area contributed by atoms with Gasteiger partial charge in [-0.2, -0.15) is 15.0 Å². The van der Waals surface area contributed by atoms with Crippen LogP contribution in [0.2, 0.25) is 0 Å². The highest BCUT2D eigenvalue weighted by atomic mass is 16.5. The predicted molar refractivity (Wildman–Crippen MR) is 96.1 cm³/mol. The molecule has 0 saturated heterocycles. The Morgan fingerprint density at radius 2 is 1.81 bits per heavy atom. The van der Waals surface area contributed by atoms with Crippen molar-refractivity contribution < 1.29 is 23.8 Å². The molecule has 0 aliphatic carbocycles. The van der Waals surface area contributed by atoms with E-state index in [1.807, 2.05) is 12.1 Å². The summed E-state index contributed by atoms with van der Waals surface area (Å²) in [6.45, 7) is 1.62. The van der Waals surface area contributed by atoms with Crippen molar-refractivity contribution in [2.24, 2.45) is 0 Å². The first-order valence-corrected chi connectivity index (χ1v) is 7.94. The Hall–Kier alpha value is -3.69. The molecule has 10 nitrogen and oxygen atoms in total. The van der Waals surface area contributed by atoms with Crippen LogP contribution in [-0.4, -0.2) is 40.6 Å². The first-order valence-electron chi connectivity index (χ1n) is 7.94. The standard InChI is InChI=1S/C17H19N5O5/c1-3-26-14(23)8-9-15(24)27-10-13-20-16(18)22-17(21-13)19-11-6-4-5-7-12(11)25-2/h4-9H,3,10H2,1-2H3,(H3,18,19,20,21,22). The van der Waals surface area contributed by atoms with Gasteiger partial charge in [-0.05, 0) is 19.1 Å². The van der Waals surface area contributed by atoms with E-state index in [9.17, 15) is 9.59 Å². The Bertz CT molecular complexity index is 840. The second kappa shape index (κ2) is 9.70. The molecule has 0 fully saturated rings. The van der Waals surface area contributed by atoms with Gasteiger partial charge < -0.3 is 25.3 Å². The minimum atomic E-state index is -0.749. The van der Waals surface area contributed by atoms with Crippen LogP contribution in [0.5, 0.6) is 5.75 Å². The normalized spacial score (nSPS) is 10.4. The molecule has 27 heavy (non-hydrogen) atoms. The van der Waals surface area contributed by atoms with Crippen molar-refractivity contribution in [1.82, 2.24) is 15.0 Å². The molecule has 0 unspecified atom stereocenters. The van der Waals surface area contributed by atoms with E-state index in [1.54, 1.807) is 19.1 Å². The summed E-state index contributed by atoms with van der Waals surface area (Å²) < 4.78 is 14.9. The topological polar surface area (TPSA) is 139 Å². The quantitative estimate of drug-likeness (QED) is 0.515. The van der Waals surface area contributed by atoms with Gasteiger partial charge in [0, 0.05) is 12.2 Å². The average Bonchev–Trinajstić information content (AvgIpc) is 2.65. The highest BCUT2D eigenvalue weighted by Crippen LogP contribution is 2.25. The number of para-hydroxylation sites is 2. The number of methoxy groups -OCH3 is 1. The molecule has 0 saturated carbocycles. The van der Waals surface area contributed by atoms with E-state index in [1.165, 1.54) is 7.11 Å². The lowest BCUT2D eigenvalue weighted by Gasteiger charge is -2.10.